The zero-order valence-corrected chi connectivity index (χ0v) is 11.8. The van der Waals surface area contributed by atoms with E-state index in [2.05, 4.69) is 26.2 Å². The number of methoxy groups -OCH3 is 1. The minimum atomic E-state index is 0.420. The van der Waals surface area contributed by atoms with Gasteiger partial charge < -0.3 is 15.8 Å². The highest BCUT2D eigenvalue weighted by molar-refractivity contribution is 9.10. The van der Waals surface area contributed by atoms with Crippen LogP contribution in [0.2, 0.25) is 0 Å². The first kappa shape index (κ1) is 12.7. The molecule has 0 spiro atoms. The number of nitrogens with two attached hydrogens (primary N) is 1. The Morgan fingerprint density at radius 2 is 2.06 bits per heavy atom. The molecule has 1 aromatic heterocycles. The highest BCUT2D eigenvalue weighted by Crippen LogP contribution is 2.29. The molecule has 1 aromatic carbocycles. The summed E-state index contributed by atoms with van der Waals surface area (Å²) < 4.78 is 6.11. The van der Waals surface area contributed by atoms with Crippen molar-refractivity contribution in [2.75, 3.05) is 18.2 Å². The topological polar surface area (TPSA) is 60.2 Å². The highest BCUT2D eigenvalue weighted by Gasteiger charge is 2.06. The van der Waals surface area contributed by atoms with E-state index in [1.165, 1.54) is 0 Å². The highest BCUT2D eigenvalue weighted by atomic mass is 79.9. The molecule has 0 radical (unpaired) electrons. The van der Waals surface area contributed by atoms with Gasteiger partial charge in [0.15, 0.2) is 0 Å². The molecule has 2 aromatic rings. The fourth-order valence-corrected chi connectivity index (χ4v) is 1.93. The Bertz CT molecular complexity index is 572. The van der Waals surface area contributed by atoms with Crippen molar-refractivity contribution in [3.05, 3.63) is 40.4 Å². The van der Waals surface area contributed by atoms with Gasteiger partial charge in [-0.3, -0.25) is 0 Å². The fraction of sp³-hybridized carbons (Fsp3) is 0.154. The average Bonchev–Trinajstić information content (AvgIpc) is 2.37. The molecule has 4 nitrogen and oxygen atoms in total. The normalized spacial score (nSPS) is 10.2. The summed E-state index contributed by atoms with van der Waals surface area (Å²) in [5.41, 5.74) is 8.35. The van der Waals surface area contributed by atoms with Crippen molar-refractivity contribution in [1.82, 2.24) is 4.98 Å². The smallest absolute Gasteiger partial charge is 0.238 e. The van der Waals surface area contributed by atoms with Crippen molar-refractivity contribution in [2.24, 2.45) is 0 Å². The van der Waals surface area contributed by atoms with Crippen LogP contribution in [0, 0.1) is 6.92 Å². The van der Waals surface area contributed by atoms with Crippen LogP contribution in [-0.4, -0.2) is 12.1 Å². The Morgan fingerprint density at radius 3 is 2.78 bits per heavy atom. The fourth-order valence-electron chi connectivity index (χ4n) is 1.57. The van der Waals surface area contributed by atoms with E-state index >= 15 is 0 Å². The van der Waals surface area contributed by atoms with Crippen LogP contribution in [-0.2, 0) is 0 Å². The van der Waals surface area contributed by atoms with E-state index in [9.17, 15) is 0 Å². The molecule has 94 valence electrons. The number of hydrogen-bond donors (Lipinski definition) is 2. The van der Waals surface area contributed by atoms with Gasteiger partial charge in [0.25, 0.3) is 0 Å². The van der Waals surface area contributed by atoms with Gasteiger partial charge >= 0.3 is 0 Å². The van der Waals surface area contributed by atoms with Gasteiger partial charge in [-0.25, -0.2) is 0 Å². The van der Waals surface area contributed by atoms with Crippen LogP contribution in [0.1, 0.15) is 5.56 Å². The molecule has 0 fully saturated rings. The molecular weight excluding hydrogens is 294 g/mol. The molecule has 0 atom stereocenters. The second-order valence-electron chi connectivity index (χ2n) is 3.86. The predicted molar refractivity (Wildman–Crippen MR) is 77.4 cm³/mol. The molecule has 0 saturated heterocycles. The zero-order chi connectivity index (χ0) is 13.1. The van der Waals surface area contributed by atoms with Crippen LogP contribution in [0.15, 0.2) is 34.8 Å². The molecule has 0 aliphatic rings. The Labute approximate surface area is 114 Å². The van der Waals surface area contributed by atoms with Crippen molar-refractivity contribution >= 4 is 33.1 Å². The van der Waals surface area contributed by atoms with Gasteiger partial charge in [0.2, 0.25) is 5.88 Å². The molecule has 3 N–H and O–H groups in total. The number of halogens is 1. The molecule has 18 heavy (non-hydrogen) atoms. The van der Waals surface area contributed by atoms with Crippen molar-refractivity contribution in [1.29, 1.82) is 0 Å². The summed E-state index contributed by atoms with van der Waals surface area (Å²) in [5, 5.41) is 3.22. The van der Waals surface area contributed by atoms with E-state index in [4.69, 9.17) is 10.5 Å². The quantitative estimate of drug-likeness (QED) is 0.911. The van der Waals surface area contributed by atoms with Gasteiger partial charge in [-0.15, -0.1) is 0 Å². The average molecular weight is 308 g/mol. The summed E-state index contributed by atoms with van der Waals surface area (Å²) in [4.78, 5) is 4.28. The molecule has 2 rings (SSSR count). The van der Waals surface area contributed by atoms with Crippen LogP contribution in [0.4, 0.5) is 17.2 Å². The largest absolute Gasteiger partial charge is 0.479 e. The van der Waals surface area contributed by atoms with Gasteiger partial charge in [0, 0.05) is 4.47 Å². The first-order valence-electron chi connectivity index (χ1n) is 5.44. The Kier molecular flexibility index (Phi) is 3.72. The molecule has 0 saturated carbocycles. The molecule has 0 aliphatic heterocycles. The summed E-state index contributed by atoms with van der Waals surface area (Å²) >= 11 is 3.54. The van der Waals surface area contributed by atoms with Crippen LogP contribution in [0.5, 0.6) is 5.88 Å². The van der Waals surface area contributed by atoms with Crippen molar-refractivity contribution in [2.45, 2.75) is 6.92 Å². The second-order valence-corrected chi connectivity index (χ2v) is 4.65. The maximum atomic E-state index is 5.72. The number of pyridine rings is 1. The zero-order valence-electron chi connectivity index (χ0n) is 10.2. The van der Waals surface area contributed by atoms with Crippen LogP contribution in [0.25, 0.3) is 0 Å². The predicted octanol–water partition coefficient (Wildman–Crippen LogP) is 3.49. The van der Waals surface area contributed by atoms with Gasteiger partial charge in [-0.05, 0) is 46.6 Å². The second kappa shape index (κ2) is 5.27. The molecule has 0 bridgehead atoms. The third-order valence-electron chi connectivity index (χ3n) is 2.54. The molecule has 0 amide bonds. The SMILES string of the molecule is COc1nc(Nc2cccc(C)c2Br)ccc1N. The Morgan fingerprint density at radius 1 is 1.28 bits per heavy atom. The summed E-state index contributed by atoms with van der Waals surface area (Å²) in [6.07, 6.45) is 0. The lowest BCUT2D eigenvalue weighted by atomic mass is 10.2. The number of nitrogen functional groups attached to an aromatic ring is 1. The number of anilines is 3. The van der Waals surface area contributed by atoms with E-state index < -0.39 is 0 Å². The Hall–Kier alpha value is -1.75. The van der Waals surface area contributed by atoms with Crippen molar-refractivity contribution < 1.29 is 4.74 Å². The maximum absolute atomic E-state index is 5.72. The lowest BCUT2D eigenvalue weighted by Crippen LogP contribution is -2.00. The van der Waals surface area contributed by atoms with E-state index in [0.717, 1.165) is 15.7 Å². The maximum Gasteiger partial charge on any atom is 0.238 e. The van der Waals surface area contributed by atoms with Gasteiger partial charge in [-0.2, -0.15) is 4.98 Å². The van der Waals surface area contributed by atoms with Crippen molar-refractivity contribution in [3.8, 4) is 5.88 Å². The lowest BCUT2D eigenvalue weighted by molar-refractivity contribution is 0.401. The van der Waals surface area contributed by atoms with Crippen LogP contribution >= 0.6 is 15.9 Å². The van der Waals surface area contributed by atoms with Crippen LogP contribution in [0.3, 0.4) is 0 Å². The number of aromatic nitrogens is 1. The summed E-state index contributed by atoms with van der Waals surface area (Å²) in [7, 11) is 1.55. The van der Waals surface area contributed by atoms with E-state index in [0.29, 0.717) is 17.4 Å². The first-order chi connectivity index (χ1) is 8.61. The number of hydrogen-bond acceptors (Lipinski definition) is 4. The third-order valence-corrected chi connectivity index (χ3v) is 3.59. The Balaban J connectivity index is 2.31. The van der Waals surface area contributed by atoms with Crippen molar-refractivity contribution in [3.63, 3.8) is 0 Å². The minimum Gasteiger partial charge on any atom is -0.479 e. The molecule has 0 aliphatic carbocycles. The van der Waals surface area contributed by atoms with Crippen LogP contribution < -0.4 is 15.8 Å². The molecular formula is C13H14BrN3O. The lowest BCUT2D eigenvalue weighted by Gasteiger charge is -2.11. The number of benzene rings is 1. The molecule has 1 heterocycles. The molecule has 0 unspecified atom stereocenters. The number of nitrogens with one attached hydrogen (secondary N) is 1. The van der Waals surface area contributed by atoms with Gasteiger partial charge in [0.05, 0.1) is 18.5 Å². The standard InChI is InChI=1S/C13H14BrN3O/c1-8-4-3-5-10(12(8)14)16-11-7-6-9(15)13(17-11)18-2/h3-7H,15H2,1-2H3,(H,16,17). The van der Waals surface area contributed by atoms with Gasteiger partial charge in [0.1, 0.15) is 5.82 Å². The number of aryl methyl sites for hydroxylation is 1. The van der Waals surface area contributed by atoms with E-state index in [1.54, 1.807) is 13.2 Å². The minimum absolute atomic E-state index is 0.420. The monoisotopic (exact) mass is 307 g/mol. The summed E-state index contributed by atoms with van der Waals surface area (Å²) in [5.74, 6) is 1.11. The third kappa shape index (κ3) is 2.56. The van der Waals surface area contributed by atoms with E-state index in [1.807, 2.05) is 31.2 Å². The number of ether oxygens (including phenoxy) is 1. The van der Waals surface area contributed by atoms with Gasteiger partial charge in [-0.1, -0.05) is 12.1 Å². The summed E-state index contributed by atoms with van der Waals surface area (Å²) in [6, 6.07) is 9.56. The number of rotatable bonds is 3. The summed E-state index contributed by atoms with van der Waals surface area (Å²) in [6.45, 7) is 2.03. The first-order valence-corrected chi connectivity index (χ1v) is 6.23. The molecule has 5 heteroatoms. The number of nitrogens with zero attached hydrogens (tertiary/aromatic N) is 1. The van der Waals surface area contributed by atoms with E-state index in [-0.39, 0.29) is 0 Å².